The minimum absolute atomic E-state index is 0.182. The molecule has 1 aliphatic rings. The zero-order valence-corrected chi connectivity index (χ0v) is 11.0. The van der Waals surface area contributed by atoms with Crippen LogP contribution in [0.1, 0.15) is 38.7 Å². The van der Waals surface area contributed by atoms with Crippen molar-refractivity contribution in [3.63, 3.8) is 0 Å². The van der Waals surface area contributed by atoms with E-state index in [4.69, 9.17) is 11.6 Å². The van der Waals surface area contributed by atoms with Crippen LogP contribution < -0.4 is 0 Å². The van der Waals surface area contributed by atoms with Gasteiger partial charge in [-0.05, 0) is 36.8 Å². The molecular weight excluding hydrogens is 239 g/mol. The predicted molar refractivity (Wildman–Crippen MR) is 67.7 cm³/mol. The maximum Gasteiger partial charge on any atom is 0.127 e. The summed E-state index contributed by atoms with van der Waals surface area (Å²) < 4.78 is 13.7. The first kappa shape index (κ1) is 12.8. The molecule has 2 rings (SSSR count). The second kappa shape index (κ2) is 4.25. The molecule has 0 heterocycles. The van der Waals surface area contributed by atoms with E-state index in [0.717, 1.165) is 12.8 Å². The lowest BCUT2D eigenvalue weighted by Crippen LogP contribution is -2.42. The highest BCUT2D eigenvalue weighted by Crippen LogP contribution is 2.48. The van der Waals surface area contributed by atoms with Crippen molar-refractivity contribution in [2.45, 2.75) is 45.1 Å². The summed E-state index contributed by atoms with van der Waals surface area (Å²) in [7, 11) is 0. The van der Waals surface area contributed by atoms with Crippen molar-refractivity contribution < 1.29 is 9.50 Å². The summed E-state index contributed by atoms with van der Waals surface area (Å²) in [5, 5.41) is 11.1. The smallest absolute Gasteiger partial charge is 0.127 e. The van der Waals surface area contributed by atoms with Gasteiger partial charge in [0.15, 0.2) is 0 Å². The number of benzene rings is 1. The van der Waals surface area contributed by atoms with E-state index in [9.17, 15) is 9.50 Å². The van der Waals surface area contributed by atoms with E-state index in [1.54, 1.807) is 12.1 Å². The van der Waals surface area contributed by atoms with Crippen molar-refractivity contribution in [3.8, 4) is 0 Å². The molecule has 0 aromatic heterocycles. The first-order chi connectivity index (χ1) is 7.86. The molecule has 3 heteroatoms. The summed E-state index contributed by atoms with van der Waals surface area (Å²) in [6, 6.07) is 4.66. The van der Waals surface area contributed by atoms with Gasteiger partial charge in [0.2, 0.25) is 0 Å². The summed E-state index contributed by atoms with van der Waals surface area (Å²) in [4.78, 5) is 0. The molecule has 0 radical (unpaired) electrons. The molecule has 17 heavy (non-hydrogen) atoms. The van der Waals surface area contributed by atoms with E-state index < -0.39 is 5.60 Å². The molecule has 0 saturated heterocycles. The van der Waals surface area contributed by atoms with Gasteiger partial charge in [-0.15, -0.1) is 0 Å². The molecule has 0 aliphatic heterocycles. The molecule has 1 aromatic rings. The van der Waals surface area contributed by atoms with Crippen LogP contribution in [0, 0.1) is 11.2 Å². The number of aliphatic hydroxyl groups is 1. The fourth-order valence-electron chi connectivity index (χ4n) is 2.72. The first-order valence-electron chi connectivity index (χ1n) is 6.01. The standard InChI is InChI=1S/C14H18ClFO/c1-13(2)7-4-8-14(13,17)9-10-11(15)5-3-6-12(10)16/h3,5-6,17H,4,7-9H2,1-2H3. The second-order valence-electron chi connectivity index (χ2n) is 5.65. The van der Waals surface area contributed by atoms with Crippen LogP contribution in [0.25, 0.3) is 0 Å². The van der Waals surface area contributed by atoms with E-state index >= 15 is 0 Å². The van der Waals surface area contributed by atoms with E-state index in [0.29, 0.717) is 23.4 Å². The molecular formula is C14H18ClFO. The Bertz CT molecular complexity index is 410. The molecule has 1 saturated carbocycles. The molecule has 1 unspecified atom stereocenters. The van der Waals surface area contributed by atoms with E-state index in [1.807, 2.05) is 13.8 Å². The average Bonchev–Trinajstić information content (AvgIpc) is 2.48. The van der Waals surface area contributed by atoms with Gasteiger partial charge in [-0.25, -0.2) is 4.39 Å². The molecule has 1 fully saturated rings. The van der Waals surface area contributed by atoms with E-state index in [2.05, 4.69) is 0 Å². The molecule has 1 aliphatic carbocycles. The molecule has 1 N–H and O–H groups in total. The summed E-state index contributed by atoms with van der Waals surface area (Å²) >= 11 is 6.01. The Morgan fingerprint density at radius 1 is 1.35 bits per heavy atom. The van der Waals surface area contributed by atoms with Crippen LogP contribution >= 0.6 is 11.6 Å². The first-order valence-corrected chi connectivity index (χ1v) is 6.39. The largest absolute Gasteiger partial charge is 0.389 e. The quantitative estimate of drug-likeness (QED) is 0.849. The Morgan fingerprint density at radius 2 is 2.06 bits per heavy atom. The van der Waals surface area contributed by atoms with Gasteiger partial charge < -0.3 is 5.11 Å². The van der Waals surface area contributed by atoms with Crippen LogP contribution in [-0.4, -0.2) is 10.7 Å². The van der Waals surface area contributed by atoms with Crippen LogP contribution in [0.2, 0.25) is 5.02 Å². The lowest BCUT2D eigenvalue weighted by Gasteiger charge is -2.37. The van der Waals surface area contributed by atoms with Gasteiger partial charge in [0.25, 0.3) is 0 Å². The molecule has 0 spiro atoms. The van der Waals surface area contributed by atoms with Crippen LogP contribution in [0.4, 0.5) is 4.39 Å². The minimum Gasteiger partial charge on any atom is -0.389 e. The van der Waals surface area contributed by atoms with Gasteiger partial charge >= 0.3 is 0 Å². The van der Waals surface area contributed by atoms with Crippen molar-refractivity contribution in [2.24, 2.45) is 5.41 Å². The highest BCUT2D eigenvalue weighted by Gasteiger charge is 2.47. The van der Waals surface area contributed by atoms with E-state index in [-0.39, 0.29) is 11.2 Å². The average molecular weight is 257 g/mol. The van der Waals surface area contributed by atoms with Crippen molar-refractivity contribution in [1.29, 1.82) is 0 Å². The second-order valence-corrected chi connectivity index (χ2v) is 6.05. The third-order valence-electron chi connectivity index (χ3n) is 4.18. The molecule has 94 valence electrons. The Kier molecular flexibility index (Phi) is 3.21. The van der Waals surface area contributed by atoms with Crippen LogP contribution in [-0.2, 0) is 6.42 Å². The summed E-state index contributed by atoms with van der Waals surface area (Å²) in [5.41, 5.74) is -0.594. The highest BCUT2D eigenvalue weighted by molar-refractivity contribution is 6.31. The Labute approximate surface area is 107 Å². The zero-order chi connectivity index (χ0) is 12.7. The van der Waals surface area contributed by atoms with Gasteiger partial charge in [0, 0.05) is 17.0 Å². The van der Waals surface area contributed by atoms with Crippen molar-refractivity contribution in [3.05, 3.63) is 34.6 Å². The summed E-state index contributed by atoms with van der Waals surface area (Å²) in [6.07, 6.45) is 2.96. The van der Waals surface area contributed by atoms with Crippen molar-refractivity contribution >= 4 is 11.6 Å². The normalized spacial score (nSPS) is 27.4. The minimum atomic E-state index is -0.848. The van der Waals surface area contributed by atoms with Gasteiger partial charge in [0.1, 0.15) is 5.82 Å². The van der Waals surface area contributed by atoms with Crippen molar-refractivity contribution in [1.82, 2.24) is 0 Å². The third-order valence-corrected chi connectivity index (χ3v) is 4.54. The lowest BCUT2D eigenvalue weighted by molar-refractivity contribution is -0.0424. The van der Waals surface area contributed by atoms with Gasteiger partial charge in [-0.2, -0.15) is 0 Å². The number of hydrogen-bond donors (Lipinski definition) is 1. The van der Waals surface area contributed by atoms with Crippen LogP contribution in [0.5, 0.6) is 0 Å². The predicted octanol–water partition coefficient (Wildman–Crippen LogP) is 3.96. The van der Waals surface area contributed by atoms with Crippen LogP contribution in [0.15, 0.2) is 18.2 Å². The molecule has 0 amide bonds. The molecule has 1 aromatic carbocycles. The lowest BCUT2D eigenvalue weighted by atomic mass is 9.74. The molecule has 0 bridgehead atoms. The Morgan fingerprint density at radius 3 is 2.59 bits per heavy atom. The van der Waals surface area contributed by atoms with E-state index in [1.165, 1.54) is 6.07 Å². The molecule has 1 nitrogen and oxygen atoms in total. The third kappa shape index (κ3) is 2.21. The summed E-state index contributed by atoms with van der Waals surface area (Å²) in [5.74, 6) is -0.325. The fourth-order valence-corrected chi connectivity index (χ4v) is 2.94. The maximum absolute atomic E-state index is 13.7. The van der Waals surface area contributed by atoms with Gasteiger partial charge in [0.05, 0.1) is 5.60 Å². The highest BCUT2D eigenvalue weighted by atomic mass is 35.5. The fraction of sp³-hybridized carbons (Fsp3) is 0.571. The van der Waals surface area contributed by atoms with Gasteiger partial charge in [-0.3, -0.25) is 0 Å². The monoisotopic (exact) mass is 256 g/mol. The number of rotatable bonds is 2. The topological polar surface area (TPSA) is 20.2 Å². The SMILES string of the molecule is CC1(C)CCCC1(O)Cc1c(F)cccc1Cl. The summed E-state index contributed by atoms with van der Waals surface area (Å²) in [6.45, 7) is 4.07. The zero-order valence-electron chi connectivity index (χ0n) is 10.3. The number of hydrogen-bond acceptors (Lipinski definition) is 1. The van der Waals surface area contributed by atoms with Gasteiger partial charge in [-0.1, -0.05) is 31.5 Å². The molecule has 1 atom stereocenters. The van der Waals surface area contributed by atoms with Crippen LogP contribution in [0.3, 0.4) is 0 Å². The maximum atomic E-state index is 13.7. The number of halogens is 2. The Balaban J connectivity index is 2.33. The van der Waals surface area contributed by atoms with Crippen molar-refractivity contribution in [2.75, 3.05) is 0 Å². The Hall–Kier alpha value is -0.600.